The molecule has 2 aromatic carbocycles. The lowest BCUT2D eigenvalue weighted by Crippen LogP contribution is -2.18. The van der Waals surface area contributed by atoms with Gasteiger partial charge in [0.2, 0.25) is 0 Å². The van der Waals surface area contributed by atoms with Crippen LogP contribution in [0.1, 0.15) is 252 Å². The van der Waals surface area contributed by atoms with Gasteiger partial charge in [0, 0.05) is 36.6 Å². The predicted octanol–water partition coefficient (Wildman–Crippen LogP) is 17.4. The van der Waals surface area contributed by atoms with Crippen molar-refractivity contribution in [2.24, 2.45) is 11.8 Å². The third-order valence-electron chi connectivity index (χ3n) is 15.1. The van der Waals surface area contributed by atoms with E-state index in [4.69, 9.17) is 24.7 Å². The van der Waals surface area contributed by atoms with Gasteiger partial charge in [-0.1, -0.05) is 155 Å². The van der Waals surface area contributed by atoms with Crippen LogP contribution in [-0.2, 0) is 38.5 Å². The van der Waals surface area contributed by atoms with Crippen LogP contribution in [0.3, 0.4) is 0 Å². The van der Waals surface area contributed by atoms with Crippen LogP contribution < -0.4 is 4.74 Å². The molecule has 2 aromatic heterocycles. The highest BCUT2D eigenvalue weighted by Gasteiger charge is 2.27. The predicted molar refractivity (Wildman–Crippen MR) is 274 cm³/mol. The van der Waals surface area contributed by atoms with Crippen molar-refractivity contribution in [3.05, 3.63) is 106 Å². The Bertz CT molecular complexity index is 1740. The van der Waals surface area contributed by atoms with Crippen LogP contribution in [0.25, 0.3) is 0 Å². The van der Waals surface area contributed by atoms with Gasteiger partial charge in [-0.05, 0) is 160 Å². The Morgan fingerprint density at radius 3 is 1.09 bits per heavy atom. The third kappa shape index (κ3) is 17.5. The zero-order chi connectivity index (χ0) is 45.3. The van der Waals surface area contributed by atoms with Crippen LogP contribution in [0.4, 0.5) is 0 Å². The zero-order valence-electron chi connectivity index (χ0n) is 41.9. The highest BCUT2D eigenvalue weighted by Crippen LogP contribution is 2.41. The van der Waals surface area contributed by atoms with E-state index in [1.165, 1.54) is 187 Å². The molecule has 0 atom stereocenters. The minimum Gasteiger partial charge on any atom is -0.457 e. The van der Waals surface area contributed by atoms with Gasteiger partial charge in [-0.25, -0.2) is 19.9 Å². The molecule has 0 aliphatic heterocycles. The van der Waals surface area contributed by atoms with Gasteiger partial charge in [-0.3, -0.25) is 0 Å². The largest absolute Gasteiger partial charge is 0.457 e. The smallest absolute Gasteiger partial charge is 0.131 e. The first-order valence-electron chi connectivity index (χ1n) is 27.6. The molecule has 5 nitrogen and oxygen atoms in total. The Kier molecular flexibility index (Phi) is 22.8. The van der Waals surface area contributed by atoms with Crippen molar-refractivity contribution in [2.75, 3.05) is 0 Å². The second-order valence-corrected chi connectivity index (χ2v) is 20.7. The van der Waals surface area contributed by atoms with Crippen LogP contribution in [0.15, 0.2) is 61.2 Å². The Morgan fingerprint density at radius 2 is 0.738 bits per heavy atom. The summed E-state index contributed by atoms with van der Waals surface area (Å²) in [4.78, 5) is 19.7. The maximum Gasteiger partial charge on any atom is 0.131 e. The standard InChI is InChI=1S/C60H90N4O/c1-5-9-11-13-15-17-19-21-25-51-43-61-59(62-44-51)53-33-27-49(28-34-53)41-55-39-47(23-7-3)31-37-57(55)65-58-38-32-48(24-8-4)40-56(58)42-50-29-35-54(36-30-50)60-63-45-52(46-64-60)26-22-20-18-16-14-12-10-6-2/h31-32,37-40,43-46,49-50,53-54H,5-30,33-36,41-42H2,1-4H3. The fourth-order valence-corrected chi connectivity index (χ4v) is 11.0. The van der Waals surface area contributed by atoms with Crippen LogP contribution in [0, 0.1) is 11.8 Å². The van der Waals surface area contributed by atoms with Gasteiger partial charge < -0.3 is 4.74 Å². The molecule has 2 saturated carbocycles. The summed E-state index contributed by atoms with van der Waals surface area (Å²) in [5.41, 5.74) is 8.24. The molecular formula is C60H90N4O. The van der Waals surface area contributed by atoms with E-state index in [0.29, 0.717) is 23.7 Å². The first-order valence-corrected chi connectivity index (χ1v) is 27.6. The number of nitrogens with zero attached hydrogens (tertiary/aromatic N) is 4. The van der Waals surface area contributed by atoms with Crippen molar-refractivity contribution in [3.63, 3.8) is 0 Å². The molecular weight excluding hydrogens is 793 g/mol. The summed E-state index contributed by atoms with van der Waals surface area (Å²) in [6.45, 7) is 9.16. The lowest BCUT2D eigenvalue weighted by molar-refractivity contribution is 0.312. The van der Waals surface area contributed by atoms with Crippen molar-refractivity contribution in [2.45, 2.75) is 245 Å². The van der Waals surface area contributed by atoms with E-state index in [1.807, 2.05) is 0 Å². The molecule has 5 heteroatoms. The molecule has 356 valence electrons. The van der Waals surface area contributed by atoms with Gasteiger partial charge in [0.25, 0.3) is 0 Å². The van der Waals surface area contributed by atoms with Crippen molar-refractivity contribution >= 4 is 0 Å². The molecule has 0 spiro atoms. The molecule has 0 saturated heterocycles. The maximum absolute atomic E-state index is 7.08. The third-order valence-corrected chi connectivity index (χ3v) is 15.1. The summed E-state index contributed by atoms with van der Waals surface area (Å²) in [5.74, 6) is 6.51. The second-order valence-electron chi connectivity index (χ2n) is 20.7. The highest BCUT2D eigenvalue weighted by atomic mass is 16.5. The van der Waals surface area contributed by atoms with Gasteiger partial charge in [-0.15, -0.1) is 0 Å². The maximum atomic E-state index is 7.08. The molecule has 65 heavy (non-hydrogen) atoms. The average molecular weight is 883 g/mol. The molecule has 0 radical (unpaired) electrons. The monoisotopic (exact) mass is 883 g/mol. The molecule has 2 aliphatic carbocycles. The van der Waals surface area contributed by atoms with Gasteiger partial charge in [0.1, 0.15) is 23.1 Å². The van der Waals surface area contributed by atoms with E-state index >= 15 is 0 Å². The van der Waals surface area contributed by atoms with E-state index in [2.05, 4.69) is 88.9 Å². The summed E-state index contributed by atoms with van der Waals surface area (Å²) in [5, 5.41) is 0. The molecule has 0 unspecified atom stereocenters. The van der Waals surface area contributed by atoms with Crippen LogP contribution in [0.2, 0.25) is 0 Å². The Balaban J connectivity index is 1.00. The van der Waals surface area contributed by atoms with Gasteiger partial charge >= 0.3 is 0 Å². The van der Waals surface area contributed by atoms with Crippen molar-refractivity contribution < 1.29 is 4.74 Å². The quantitative estimate of drug-likeness (QED) is 0.0488. The lowest BCUT2D eigenvalue weighted by atomic mass is 9.78. The van der Waals surface area contributed by atoms with Crippen molar-refractivity contribution in [1.29, 1.82) is 0 Å². The van der Waals surface area contributed by atoms with E-state index in [-0.39, 0.29) is 0 Å². The SMILES string of the molecule is CCCCCCCCCCc1cnc(C2CCC(Cc3cc(CCC)ccc3Oc3ccc(CCC)cc3CC3CCC(c4ncc(CCCCCCCCCC)cn4)CC3)CC2)nc1. The lowest BCUT2D eigenvalue weighted by Gasteiger charge is -2.29. The number of ether oxygens (including phenoxy) is 1. The Labute approximate surface area is 397 Å². The van der Waals surface area contributed by atoms with E-state index in [0.717, 1.165) is 74.5 Å². The normalized spacial score (nSPS) is 18.8. The topological polar surface area (TPSA) is 60.8 Å². The van der Waals surface area contributed by atoms with E-state index in [1.54, 1.807) is 0 Å². The minimum atomic E-state index is 0.479. The summed E-state index contributed by atoms with van der Waals surface area (Å²) >= 11 is 0. The fraction of sp³-hybridized carbons (Fsp3) is 0.667. The van der Waals surface area contributed by atoms with Crippen LogP contribution >= 0.6 is 0 Å². The van der Waals surface area contributed by atoms with Gasteiger partial charge in [0.05, 0.1) is 0 Å². The number of hydrogen-bond acceptors (Lipinski definition) is 5. The minimum absolute atomic E-state index is 0.479. The summed E-state index contributed by atoms with van der Waals surface area (Å²) in [6.07, 6.45) is 48.7. The fourth-order valence-electron chi connectivity index (χ4n) is 11.0. The van der Waals surface area contributed by atoms with Gasteiger partial charge in [0.15, 0.2) is 0 Å². The second kappa shape index (κ2) is 29.2. The van der Waals surface area contributed by atoms with E-state index < -0.39 is 0 Å². The van der Waals surface area contributed by atoms with Crippen molar-refractivity contribution in [3.8, 4) is 11.5 Å². The number of hydrogen-bond donors (Lipinski definition) is 0. The number of benzene rings is 2. The molecule has 6 rings (SSSR count). The molecule has 0 N–H and O–H groups in total. The van der Waals surface area contributed by atoms with Gasteiger partial charge in [-0.2, -0.15) is 0 Å². The van der Waals surface area contributed by atoms with Crippen LogP contribution in [0.5, 0.6) is 11.5 Å². The van der Waals surface area contributed by atoms with Crippen LogP contribution in [-0.4, -0.2) is 19.9 Å². The summed E-state index contributed by atoms with van der Waals surface area (Å²) < 4.78 is 7.08. The molecule has 4 aromatic rings. The average Bonchev–Trinajstić information content (AvgIpc) is 3.33. The van der Waals surface area contributed by atoms with Crippen molar-refractivity contribution in [1.82, 2.24) is 19.9 Å². The molecule has 2 heterocycles. The molecule has 2 fully saturated rings. The molecule has 0 bridgehead atoms. The Morgan fingerprint density at radius 1 is 0.385 bits per heavy atom. The number of aryl methyl sites for hydroxylation is 4. The Hall–Kier alpha value is -3.60. The first kappa shape index (κ1) is 50.8. The zero-order valence-corrected chi connectivity index (χ0v) is 41.9. The first-order chi connectivity index (χ1) is 32.0. The van der Waals surface area contributed by atoms with E-state index in [9.17, 15) is 0 Å². The summed E-state index contributed by atoms with van der Waals surface area (Å²) in [7, 11) is 0. The highest BCUT2D eigenvalue weighted by molar-refractivity contribution is 5.45. The number of unbranched alkanes of at least 4 members (excludes halogenated alkanes) is 14. The number of aromatic nitrogens is 4. The molecule has 0 amide bonds. The molecule has 2 aliphatic rings. The summed E-state index contributed by atoms with van der Waals surface area (Å²) in [6, 6.07) is 14.1. The number of rotatable bonds is 30.